The summed E-state index contributed by atoms with van der Waals surface area (Å²) in [7, 11) is 0. The third-order valence-corrected chi connectivity index (χ3v) is 8.70. The lowest BCUT2D eigenvalue weighted by Gasteiger charge is -2.50. The maximum Gasteiger partial charge on any atom is 0.232 e. The van der Waals surface area contributed by atoms with Crippen molar-refractivity contribution in [1.82, 2.24) is 10.2 Å². The molecule has 1 aromatic rings. The van der Waals surface area contributed by atoms with Gasteiger partial charge in [-0.25, -0.2) is 0 Å². The second-order valence-electron chi connectivity index (χ2n) is 10.3. The highest BCUT2D eigenvalue weighted by atomic mass is 16.2. The minimum absolute atomic E-state index is 0.0469. The molecule has 1 N–H and O–H groups in total. The van der Waals surface area contributed by atoms with Gasteiger partial charge in [0.2, 0.25) is 11.8 Å². The van der Waals surface area contributed by atoms with Crippen molar-refractivity contribution in [2.24, 2.45) is 23.7 Å². The Labute approximate surface area is 180 Å². The molecular weight excluding hydrogens is 374 g/mol. The van der Waals surface area contributed by atoms with Gasteiger partial charge in [0, 0.05) is 31.4 Å². The molecule has 4 fully saturated rings. The molecule has 3 aliphatic heterocycles. The number of rotatable bonds is 3. The lowest BCUT2D eigenvalue weighted by atomic mass is 9.73. The Hall–Kier alpha value is -1.88. The molecule has 5 rings (SSSR count). The minimum atomic E-state index is -0.228. The number of imide groups is 1. The van der Waals surface area contributed by atoms with Gasteiger partial charge >= 0.3 is 0 Å². The number of nitrogens with zero attached hydrogens (tertiary/aromatic N) is 2. The zero-order chi connectivity index (χ0) is 20.9. The fourth-order valence-electron chi connectivity index (χ4n) is 6.94. The molecule has 0 unspecified atom stereocenters. The van der Waals surface area contributed by atoms with Crippen molar-refractivity contribution in [1.29, 1.82) is 0 Å². The van der Waals surface area contributed by atoms with Crippen LogP contribution in [0.25, 0.3) is 0 Å². The van der Waals surface area contributed by atoms with Crippen molar-refractivity contribution in [2.75, 3.05) is 24.5 Å². The molecule has 1 saturated carbocycles. The van der Waals surface area contributed by atoms with Crippen LogP contribution in [0, 0.1) is 23.7 Å². The molecule has 0 radical (unpaired) electrons. The molecule has 2 amide bonds. The summed E-state index contributed by atoms with van der Waals surface area (Å²) in [6, 6.07) is 11.1. The Morgan fingerprint density at radius 3 is 2.27 bits per heavy atom. The van der Waals surface area contributed by atoms with E-state index in [1.54, 1.807) is 0 Å². The Balaban J connectivity index is 1.35. The highest BCUT2D eigenvalue weighted by Crippen LogP contribution is 2.50. The number of para-hydroxylation sites is 1. The molecule has 5 nitrogen and oxygen atoms in total. The monoisotopic (exact) mass is 409 g/mol. The molecule has 4 aliphatic rings. The standard InChI is InChI=1S/C25H35N3O2/c1-17(2)18-8-10-19(11-9-18)27-14-12-25(13-15-27)22-21(23(29)26-24(22)30)16-28(25)20-6-4-3-5-7-20/h3-7,17-19,21-22H,8-16H2,1-2H3,(H,26,29,30)/t18?,19?,21-,22+/m1/s1. The molecule has 5 heteroatoms. The molecule has 0 bridgehead atoms. The molecule has 3 heterocycles. The lowest BCUT2D eigenvalue weighted by molar-refractivity contribution is -0.127. The number of hydrogen-bond donors (Lipinski definition) is 1. The Morgan fingerprint density at radius 2 is 1.63 bits per heavy atom. The summed E-state index contributed by atoms with van der Waals surface area (Å²) in [5.41, 5.74) is 0.923. The van der Waals surface area contributed by atoms with E-state index in [2.05, 4.69) is 53.2 Å². The van der Waals surface area contributed by atoms with Crippen LogP contribution in [0.3, 0.4) is 0 Å². The van der Waals surface area contributed by atoms with Crippen molar-refractivity contribution in [3.63, 3.8) is 0 Å². The first-order valence-electron chi connectivity index (χ1n) is 11.9. The highest BCUT2D eigenvalue weighted by Gasteiger charge is 2.62. The van der Waals surface area contributed by atoms with E-state index < -0.39 is 0 Å². The predicted octanol–water partition coefficient (Wildman–Crippen LogP) is 3.44. The molecular formula is C25H35N3O2. The first-order valence-corrected chi connectivity index (χ1v) is 11.9. The van der Waals surface area contributed by atoms with Gasteiger partial charge in [0.25, 0.3) is 0 Å². The molecule has 1 aromatic carbocycles. The molecule has 1 aliphatic carbocycles. The van der Waals surface area contributed by atoms with Crippen molar-refractivity contribution in [3.05, 3.63) is 30.3 Å². The highest BCUT2D eigenvalue weighted by molar-refractivity contribution is 6.07. The number of piperidine rings is 1. The summed E-state index contributed by atoms with van der Waals surface area (Å²) in [5.74, 6) is 1.15. The zero-order valence-electron chi connectivity index (χ0n) is 18.3. The van der Waals surface area contributed by atoms with E-state index in [-0.39, 0.29) is 29.2 Å². The smallest absolute Gasteiger partial charge is 0.232 e. The number of anilines is 1. The van der Waals surface area contributed by atoms with E-state index in [4.69, 9.17) is 0 Å². The summed E-state index contributed by atoms with van der Waals surface area (Å²) < 4.78 is 0. The van der Waals surface area contributed by atoms with E-state index in [0.29, 0.717) is 12.6 Å². The van der Waals surface area contributed by atoms with Crippen LogP contribution in [0.5, 0.6) is 0 Å². The summed E-state index contributed by atoms with van der Waals surface area (Å²) in [4.78, 5) is 30.4. The number of benzene rings is 1. The quantitative estimate of drug-likeness (QED) is 0.777. The van der Waals surface area contributed by atoms with Gasteiger partial charge < -0.3 is 9.80 Å². The van der Waals surface area contributed by atoms with Gasteiger partial charge in [-0.15, -0.1) is 0 Å². The van der Waals surface area contributed by atoms with E-state index >= 15 is 0 Å². The molecule has 1 spiro atoms. The van der Waals surface area contributed by atoms with Gasteiger partial charge in [-0.05, 0) is 62.5 Å². The number of carbonyl (C=O) groups excluding carboxylic acids is 2. The Morgan fingerprint density at radius 1 is 0.967 bits per heavy atom. The van der Waals surface area contributed by atoms with E-state index in [1.807, 2.05) is 6.07 Å². The second kappa shape index (κ2) is 7.67. The maximum absolute atomic E-state index is 12.8. The fourth-order valence-corrected chi connectivity index (χ4v) is 6.94. The number of fused-ring (bicyclic) bond motifs is 2. The Bertz CT molecular complexity index is 792. The average molecular weight is 410 g/mol. The maximum atomic E-state index is 12.8. The SMILES string of the molecule is CC(C)C1CCC(N2CCC3(CC2)[C@@H]2C(=O)NC(=O)[C@@H]2CN3c2ccccc2)CC1. The number of amides is 2. The minimum Gasteiger partial charge on any atom is -0.364 e. The van der Waals surface area contributed by atoms with Crippen LogP contribution in [-0.4, -0.2) is 47.9 Å². The third-order valence-electron chi connectivity index (χ3n) is 8.70. The number of likely N-dealkylation sites (tertiary alicyclic amines) is 1. The van der Waals surface area contributed by atoms with Crippen LogP contribution in [-0.2, 0) is 9.59 Å². The fraction of sp³-hybridized carbons (Fsp3) is 0.680. The first-order chi connectivity index (χ1) is 14.5. The molecule has 162 valence electrons. The van der Waals surface area contributed by atoms with Crippen molar-refractivity contribution in [3.8, 4) is 0 Å². The summed E-state index contributed by atoms with van der Waals surface area (Å²) in [6.45, 7) is 7.44. The molecule has 3 saturated heterocycles. The molecule has 30 heavy (non-hydrogen) atoms. The van der Waals surface area contributed by atoms with Gasteiger partial charge in [0.05, 0.1) is 17.4 Å². The number of nitrogens with one attached hydrogen (secondary N) is 1. The van der Waals surface area contributed by atoms with Crippen LogP contribution >= 0.6 is 0 Å². The van der Waals surface area contributed by atoms with E-state index in [0.717, 1.165) is 43.5 Å². The number of carbonyl (C=O) groups is 2. The van der Waals surface area contributed by atoms with Gasteiger partial charge in [-0.3, -0.25) is 14.9 Å². The van der Waals surface area contributed by atoms with Crippen molar-refractivity contribution < 1.29 is 9.59 Å². The van der Waals surface area contributed by atoms with Gasteiger partial charge in [0.15, 0.2) is 0 Å². The summed E-state index contributed by atoms with van der Waals surface area (Å²) >= 11 is 0. The largest absolute Gasteiger partial charge is 0.364 e. The first kappa shape index (κ1) is 20.0. The summed E-state index contributed by atoms with van der Waals surface area (Å²) in [5, 5.41) is 2.63. The Kier molecular flexibility index (Phi) is 5.12. The summed E-state index contributed by atoms with van der Waals surface area (Å²) in [6.07, 6.45) is 7.25. The third kappa shape index (κ3) is 3.17. The van der Waals surface area contributed by atoms with E-state index in [1.165, 1.54) is 25.7 Å². The average Bonchev–Trinajstić information content (AvgIpc) is 3.24. The topological polar surface area (TPSA) is 52.7 Å². The van der Waals surface area contributed by atoms with Gasteiger partial charge in [-0.1, -0.05) is 32.0 Å². The predicted molar refractivity (Wildman–Crippen MR) is 118 cm³/mol. The lowest BCUT2D eigenvalue weighted by Crippen LogP contribution is -2.59. The van der Waals surface area contributed by atoms with Crippen LogP contribution in [0.15, 0.2) is 30.3 Å². The van der Waals surface area contributed by atoms with Crippen LogP contribution < -0.4 is 10.2 Å². The normalized spacial score (nSPS) is 33.9. The molecule has 2 atom stereocenters. The van der Waals surface area contributed by atoms with Crippen LogP contribution in [0.1, 0.15) is 52.4 Å². The van der Waals surface area contributed by atoms with Crippen LogP contribution in [0.4, 0.5) is 5.69 Å². The van der Waals surface area contributed by atoms with Gasteiger partial charge in [-0.2, -0.15) is 0 Å². The van der Waals surface area contributed by atoms with E-state index in [9.17, 15) is 9.59 Å². The van der Waals surface area contributed by atoms with Crippen LogP contribution in [0.2, 0.25) is 0 Å². The van der Waals surface area contributed by atoms with Crippen molar-refractivity contribution in [2.45, 2.75) is 64.0 Å². The zero-order valence-corrected chi connectivity index (χ0v) is 18.3. The number of hydrogen-bond acceptors (Lipinski definition) is 4. The van der Waals surface area contributed by atoms with Crippen molar-refractivity contribution >= 4 is 17.5 Å². The second-order valence-corrected chi connectivity index (χ2v) is 10.3. The molecule has 0 aromatic heterocycles. The van der Waals surface area contributed by atoms with Gasteiger partial charge in [0.1, 0.15) is 0 Å².